The molecular formula is C20H18BrN3O4S. The van der Waals surface area contributed by atoms with Gasteiger partial charge in [-0.2, -0.15) is 5.10 Å². The molecule has 0 aliphatic carbocycles. The molecule has 0 saturated heterocycles. The van der Waals surface area contributed by atoms with E-state index in [0.29, 0.717) is 21.1 Å². The molecule has 2 aromatic carbocycles. The predicted octanol–water partition coefficient (Wildman–Crippen LogP) is 4.58. The number of hydrazone groups is 1. The van der Waals surface area contributed by atoms with Crippen LogP contribution in [-0.2, 0) is 9.53 Å². The monoisotopic (exact) mass is 475 g/mol. The van der Waals surface area contributed by atoms with Gasteiger partial charge in [0.15, 0.2) is 18.1 Å². The molecule has 9 heteroatoms. The SMILES string of the molecule is COC(=O)COc1c(Br)cc(C=NNc2nc(-c3ccccc3)cs2)cc1OC. The number of halogens is 1. The van der Waals surface area contributed by atoms with Gasteiger partial charge < -0.3 is 14.2 Å². The van der Waals surface area contributed by atoms with Crippen molar-refractivity contribution in [1.82, 2.24) is 4.98 Å². The van der Waals surface area contributed by atoms with E-state index in [2.05, 4.69) is 36.2 Å². The quantitative estimate of drug-likeness (QED) is 0.291. The minimum absolute atomic E-state index is 0.214. The van der Waals surface area contributed by atoms with Crippen molar-refractivity contribution in [2.45, 2.75) is 0 Å². The number of hydrogen-bond acceptors (Lipinski definition) is 8. The van der Waals surface area contributed by atoms with E-state index in [1.165, 1.54) is 25.6 Å². The van der Waals surface area contributed by atoms with Gasteiger partial charge in [-0.1, -0.05) is 30.3 Å². The van der Waals surface area contributed by atoms with Gasteiger partial charge in [0.05, 0.1) is 30.6 Å². The molecule has 7 nitrogen and oxygen atoms in total. The Balaban J connectivity index is 1.68. The summed E-state index contributed by atoms with van der Waals surface area (Å²) in [5.41, 5.74) is 5.65. The van der Waals surface area contributed by atoms with Crippen molar-refractivity contribution in [1.29, 1.82) is 0 Å². The summed E-state index contributed by atoms with van der Waals surface area (Å²) in [5.74, 6) is 0.396. The van der Waals surface area contributed by atoms with Gasteiger partial charge >= 0.3 is 5.97 Å². The topological polar surface area (TPSA) is 82.0 Å². The number of carbonyl (C=O) groups is 1. The third-order valence-electron chi connectivity index (χ3n) is 3.76. The van der Waals surface area contributed by atoms with Crippen molar-refractivity contribution in [3.05, 3.63) is 57.9 Å². The summed E-state index contributed by atoms with van der Waals surface area (Å²) < 4.78 is 16.0. The van der Waals surface area contributed by atoms with Crippen LogP contribution in [0.1, 0.15) is 5.56 Å². The lowest BCUT2D eigenvalue weighted by Gasteiger charge is -2.12. The van der Waals surface area contributed by atoms with Gasteiger partial charge in [-0.25, -0.2) is 9.78 Å². The van der Waals surface area contributed by atoms with Crippen molar-refractivity contribution in [3.8, 4) is 22.8 Å². The van der Waals surface area contributed by atoms with E-state index in [-0.39, 0.29) is 6.61 Å². The number of thiazole rings is 1. The molecule has 150 valence electrons. The van der Waals surface area contributed by atoms with Crippen LogP contribution in [0.25, 0.3) is 11.3 Å². The standard InChI is InChI=1S/C20H18BrN3O4S/c1-26-17-9-13(8-15(21)19(17)28-11-18(25)27-2)10-22-24-20-23-16(12-29-20)14-6-4-3-5-7-14/h3-10,12H,11H2,1-2H3,(H,23,24). The van der Waals surface area contributed by atoms with Crippen LogP contribution in [0.5, 0.6) is 11.5 Å². The van der Waals surface area contributed by atoms with E-state index < -0.39 is 5.97 Å². The van der Waals surface area contributed by atoms with Crippen LogP contribution >= 0.6 is 27.3 Å². The van der Waals surface area contributed by atoms with E-state index in [4.69, 9.17) is 9.47 Å². The second-order valence-corrected chi connectivity index (χ2v) is 7.39. The Bertz CT molecular complexity index is 1010. The summed E-state index contributed by atoms with van der Waals surface area (Å²) in [5, 5.41) is 6.89. The third kappa shape index (κ3) is 5.55. The van der Waals surface area contributed by atoms with Crippen molar-refractivity contribution < 1.29 is 19.0 Å². The van der Waals surface area contributed by atoms with Crippen LogP contribution in [0.4, 0.5) is 5.13 Å². The highest BCUT2D eigenvalue weighted by Gasteiger charge is 2.13. The minimum Gasteiger partial charge on any atom is -0.493 e. The molecular weight excluding hydrogens is 458 g/mol. The van der Waals surface area contributed by atoms with E-state index in [1.54, 1.807) is 18.3 Å². The lowest BCUT2D eigenvalue weighted by atomic mass is 10.2. The van der Waals surface area contributed by atoms with Gasteiger partial charge in [0.2, 0.25) is 5.13 Å². The van der Waals surface area contributed by atoms with Crippen LogP contribution in [0, 0.1) is 0 Å². The number of aromatic nitrogens is 1. The summed E-state index contributed by atoms with van der Waals surface area (Å²) in [6.07, 6.45) is 1.64. The van der Waals surface area contributed by atoms with E-state index >= 15 is 0 Å². The molecule has 0 amide bonds. The molecule has 1 heterocycles. The van der Waals surface area contributed by atoms with E-state index in [1.807, 2.05) is 35.7 Å². The summed E-state index contributed by atoms with van der Waals surface area (Å²) in [6, 6.07) is 13.5. The predicted molar refractivity (Wildman–Crippen MR) is 117 cm³/mol. The van der Waals surface area contributed by atoms with Gasteiger partial charge in [-0.3, -0.25) is 5.43 Å². The normalized spacial score (nSPS) is 10.7. The lowest BCUT2D eigenvalue weighted by molar-refractivity contribution is -0.142. The molecule has 0 fully saturated rings. The second-order valence-electron chi connectivity index (χ2n) is 5.67. The van der Waals surface area contributed by atoms with E-state index in [9.17, 15) is 4.79 Å². The lowest BCUT2D eigenvalue weighted by Crippen LogP contribution is -2.13. The third-order valence-corrected chi connectivity index (χ3v) is 5.10. The Kier molecular flexibility index (Phi) is 7.20. The molecule has 0 aliphatic rings. The molecule has 0 aliphatic heterocycles. The maximum Gasteiger partial charge on any atom is 0.343 e. The zero-order chi connectivity index (χ0) is 20.6. The Hall–Kier alpha value is -2.91. The second kappa shape index (κ2) is 10.0. The van der Waals surface area contributed by atoms with Gasteiger partial charge in [0.1, 0.15) is 0 Å². The molecule has 1 aromatic heterocycles. The van der Waals surface area contributed by atoms with Gasteiger partial charge in [0, 0.05) is 10.9 Å². The number of nitrogens with one attached hydrogen (secondary N) is 1. The number of hydrogen-bond donors (Lipinski definition) is 1. The molecule has 0 spiro atoms. The minimum atomic E-state index is -0.480. The van der Waals surface area contributed by atoms with Gasteiger partial charge in [-0.05, 0) is 33.6 Å². The Labute approximate surface area is 180 Å². The smallest absolute Gasteiger partial charge is 0.343 e. The van der Waals surface area contributed by atoms with Crippen molar-refractivity contribution >= 4 is 44.6 Å². The number of anilines is 1. The van der Waals surface area contributed by atoms with Gasteiger partial charge in [-0.15, -0.1) is 11.3 Å². The average molecular weight is 476 g/mol. The first-order valence-corrected chi connectivity index (χ1v) is 10.1. The average Bonchev–Trinajstić information content (AvgIpc) is 3.22. The molecule has 29 heavy (non-hydrogen) atoms. The van der Waals surface area contributed by atoms with E-state index in [0.717, 1.165) is 16.8 Å². The Morgan fingerprint density at radius 1 is 1.28 bits per heavy atom. The zero-order valence-electron chi connectivity index (χ0n) is 15.7. The fourth-order valence-corrected chi connectivity index (χ4v) is 3.62. The summed E-state index contributed by atoms with van der Waals surface area (Å²) >= 11 is 4.90. The fraction of sp³-hybridized carbons (Fsp3) is 0.150. The van der Waals surface area contributed by atoms with Crippen molar-refractivity contribution in [2.75, 3.05) is 26.3 Å². The highest BCUT2D eigenvalue weighted by Crippen LogP contribution is 2.36. The summed E-state index contributed by atoms with van der Waals surface area (Å²) in [6.45, 7) is -0.214. The molecule has 0 unspecified atom stereocenters. The molecule has 0 radical (unpaired) electrons. The summed E-state index contributed by atoms with van der Waals surface area (Å²) in [7, 11) is 2.82. The first-order valence-electron chi connectivity index (χ1n) is 8.48. The van der Waals surface area contributed by atoms with Crippen LogP contribution in [0.2, 0.25) is 0 Å². The number of methoxy groups -OCH3 is 2. The number of ether oxygens (including phenoxy) is 3. The number of esters is 1. The summed E-state index contributed by atoms with van der Waals surface area (Å²) in [4.78, 5) is 15.8. The van der Waals surface area contributed by atoms with Crippen molar-refractivity contribution in [3.63, 3.8) is 0 Å². The Morgan fingerprint density at radius 2 is 2.07 bits per heavy atom. The fourth-order valence-electron chi connectivity index (χ4n) is 2.37. The number of carbonyl (C=O) groups excluding carboxylic acids is 1. The zero-order valence-corrected chi connectivity index (χ0v) is 18.1. The van der Waals surface area contributed by atoms with Crippen LogP contribution < -0.4 is 14.9 Å². The number of rotatable bonds is 8. The largest absolute Gasteiger partial charge is 0.493 e. The Morgan fingerprint density at radius 3 is 2.79 bits per heavy atom. The number of nitrogens with zero attached hydrogens (tertiary/aromatic N) is 2. The molecule has 0 saturated carbocycles. The molecule has 0 bridgehead atoms. The number of benzene rings is 2. The van der Waals surface area contributed by atoms with Gasteiger partial charge in [0.25, 0.3) is 0 Å². The maximum absolute atomic E-state index is 11.3. The highest BCUT2D eigenvalue weighted by molar-refractivity contribution is 9.10. The molecule has 1 N–H and O–H groups in total. The van der Waals surface area contributed by atoms with Crippen molar-refractivity contribution in [2.24, 2.45) is 5.10 Å². The van der Waals surface area contributed by atoms with Crippen LogP contribution in [0.3, 0.4) is 0 Å². The van der Waals surface area contributed by atoms with Crippen LogP contribution in [-0.4, -0.2) is 38.0 Å². The maximum atomic E-state index is 11.3. The first-order chi connectivity index (χ1) is 14.1. The molecule has 3 rings (SSSR count). The molecule has 0 atom stereocenters. The first kappa shape index (κ1) is 20.8. The highest BCUT2D eigenvalue weighted by atomic mass is 79.9. The molecule has 3 aromatic rings. The van der Waals surface area contributed by atoms with Crippen LogP contribution in [0.15, 0.2) is 57.4 Å².